The van der Waals surface area contributed by atoms with Crippen LogP contribution in [0.15, 0.2) is 41.5 Å². The number of fused-ring (bicyclic) bond motifs is 2. The van der Waals surface area contributed by atoms with Crippen LogP contribution in [0.4, 0.5) is 5.95 Å². The molecule has 3 N–H and O–H groups in total. The summed E-state index contributed by atoms with van der Waals surface area (Å²) in [6, 6.07) is 8.44. The number of benzene rings is 1. The number of hydrogen-bond donors (Lipinski definition) is 3. The Kier molecular flexibility index (Phi) is 7.46. The zero-order valence-electron chi connectivity index (χ0n) is 21.8. The number of H-pyrrole nitrogens is 1. The maximum absolute atomic E-state index is 13.4. The Morgan fingerprint density at radius 3 is 2.54 bits per heavy atom. The van der Waals surface area contributed by atoms with Crippen molar-refractivity contribution in [3.05, 3.63) is 52.6 Å². The molecule has 0 radical (unpaired) electrons. The number of aliphatic hydroxyl groups excluding tert-OH is 1. The summed E-state index contributed by atoms with van der Waals surface area (Å²) in [7, 11) is -4.01. The molecule has 210 valence electrons. The second-order valence-corrected chi connectivity index (χ2v) is 11.5. The van der Waals surface area contributed by atoms with Gasteiger partial charge in [0.15, 0.2) is 29.0 Å². The minimum absolute atomic E-state index is 0.00987. The minimum Gasteiger partial charge on any atom is -0.378 e. The first-order valence-corrected chi connectivity index (χ1v) is 14.1. The summed E-state index contributed by atoms with van der Waals surface area (Å²) in [6.07, 6.45) is -2.51. The summed E-state index contributed by atoms with van der Waals surface area (Å²) in [5, 5.41) is 13.7. The van der Waals surface area contributed by atoms with Crippen molar-refractivity contribution in [1.29, 1.82) is 0 Å². The lowest BCUT2D eigenvalue weighted by molar-refractivity contribution is -0.203. The molecule has 5 atom stereocenters. The van der Waals surface area contributed by atoms with Crippen LogP contribution in [0.1, 0.15) is 44.3 Å². The van der Waals surface area contributed by atoms with Gasteiger partial charge in [-0.1, -0.05) is 18.2 Å². The van der Waals surface area contributed by atoms with E-state index in [0.717, 1.165) is 0 Å². The average Bonchev–Trinajstić information content (AvgIpc) is 3.55. The summed E-state index contributed by atoms with van der Waals surface area (Å²) >= 11 is 0. The highest BCUT2D eigenvalue weighted by Gasteiger charge is 2.61. The lowest BCUT2D eigenvalue weighted by atomic mass is 10.1. The summed E-state index contributed by atoms with van der Waals surface area (Å²) in [5.41, 5.74) is -0.134. The molecule has 0 saturated carbocycles. The van der Waals surface area contributed by atoms with E-state index in [1.807, 2.05) is 0 Å². The third-order valence-electron chi connectivity index (χ3n) is 6.28. The predicted octanol–water partition coefficient (Wildman–Crippen LogP) is 2.37. The van der Waals surface area contributed by atoms with Gasteiger partial charge in [0, 0.05) is 5.56 Å². The quantitative estimate of drug-likeness (QED) is 0.326. The number of anilines is 1. The molecule has 39 heavy (non-hydrogen) atoms. The third-order valence-corrected chi connectivity index (χ3v) is 8.45. The Morgan fingerprint density at radius 1 is 1.21 bits per heavy atom. The Hall–Kier alpha value is -2.97. The minimum atomic E-state index is -4.01. The highest BCUT2D eigenvalue weighted by molar-refractivity contribution is 7.54. The molecule has 2 saturated heterocycles. The van der Waals surface area contributed by atoms with Crippen molar-refractivity contribution in [3.63, 3.8) is 0 Å². The molecule has 2 fully saturated rings. The number of aromatic amines is 1. The molecule has 2 aromatic heterocycles. The van der Waals surface area contributed by atoms with Gasteiger partial charge in [-0.3, -0.25) is 29.0 Å². The number of imidazole rings is 1. The van der Waals surface area contributed by atoms with Crippen LogP contribution < -0.4 is 10.9 Å². The lowest BCUT2D eigenvalue weighted by Crippen LogP contribution is -2.39. The standard InChI is InChI=1S/C24H30N5O9P/c1-5-34-39(33,35-6-2)22(32)17-15-16(38-24(3,4)37-15)21(36-17)29-12-25-14-18(29)26-23(28-20(14)31)27-19(30)13-10-8-7-9-11-13/h7-12,15-17,21-22,32H,5-6H2,1-4H3,(H2,26,27,28,30,31)/t15-,16+,17-,21+,22-/m0/s1. The monoisotopic (exact) mass is 563 g/mol. The third kappa shape index (κ3) is 5.16. The predicted molar refractivity (Wildman–Crippen MR) is 137 cm³/mol. The largest absolute Gasteiger partial charge is 0.378 e. The first kappa shape index (κ1) is 27.6. The van der Waals surface area contributed by atoms with E-state index in [0.29, 0.717) is 5.56 Å². The fraction of sp³-hybridized carbons (Fsp3) is 0.500. The molecule has 0 aliphatic carbocycles. The fourth-order valence-electron chi connectivity index (χ4n) is 4.74. The van der Waals surface area contributed by atoms with E-state index in [1.54, 1.807) is 58.0 Å². The van der Waals surface area contributed by atoms with Crippen LogP contribution in [0.3, 0.4) is 0 Å². The van der Waals surface area contributed by atoms with Gasteiger partial charge in [0.05, 0.1) is 19.5 Å². The van der Waals surface area contributed by atoms with Gasteiger partial charge in [-0.25, -0.2) is 4.98 Å². The molecule has 1 aromatic carbocycles. The normalized spacial score (nSPS) is 25.1. The van der Waals surface area contributed by atoms with Gasteiger partial charge >= 0.3 is 7.60 Å². The van der Waals surface area contributed by atoms with Crippen molar-refractivity contribution in [2.45, 2.75) is 63.9 Å². The average molecular weight is 564 g/mol. The van der Waals surface area contributed by atoms with Crippen LogP contribution in [0.5, 0.6) is 0 Å². The Morgan fingerprint density at radius 2 is 1.87 bits per heavy atom. The van der Waals surface area contributed by atoms with Crippen molar-refractivity contribution in [1.82, 2.24) is 19.5 Å². The molecule has 4 heterocycles. The molecule has 0 bridgehead atoms. The van der Waals surface area contributed by atoms with E-state index in [-0.39, 0.29) is 30.3 Å². The first-order valence-electron chi connectivity index (χ1n) is 12.5. The molecule has 3 aromatic rings. The molecule has 15 heteroatoms. The molecular weight excluding hydrogens is 533 g/mol. The molecule has 2 aliphatic heterocycles. The van der Waals surface area contributed by atoms with E-state index in [4.69, 9.17) is 23.3 Å². The summed E-state index contributed by atoms with van der Waals surface area (Å²) in [6.45, 7) is 6.74. The van der Waals surface area contributed by atoms with Gasteiger partial charge in [0.2, 0.25) is 5.95 Å². The van der Waals surface area contributed by atoms with E-state index >= 15 is 0 Å². The van der Waals surface area contributed by atoms with Crippen LogP contribution in [-0.2, 0) is 27.8 Å². The highest BCUT2D eigenvalue weighted by Crippen LogP contribution is 2.57. The first-order chi connectivity index (χ1) is 18.6. The number of rotatable bonds is 9. The maximum atomic E-state index is 13.4. The van der Waals surface area contributed by atoms with Gasteiger partial charge in [-0.15, -0.1) is 0 Å². The van der Waals surface area contributed by atoms with Crippen molar-refractivity contribution < 1.29 is 37.7 Å². The van der Waals surface area contributed by atoms with Crippen LogP contribution in [0.2, 0.25) is 0 Å². The molecular formula is C24H30N5O9P. The fourth-order valence-corrected chi connectivity index (χ4v) is 6.44. The second-order valence-electron chi connectivity index (χ2n) is 9.40. The number of nitrogens with one attached hydrogen (secondary N) is 2. The molecule has 1 amide bonds. The Balaban J connectivity index is 1.50. The van der Waals surface area contributed by atoms with Gasteiger partial charge in [0.1, 0.15) is 18.3 Å². The molecule has 0 spiro atoms. The zero-order chi connectivity index (χ0) is 27.9. The second kappa shape index (κ2) is 10.5. The van der Waals surface area contributed by atoms with Crippen LogP contribution in [0.25, 0.3) is 11.2 Å². The van der Waals surface area contributed by atoms with Crippen molar-refractivity contribution in [2.75, 3.05) is 18.5 Å². The summed E-state index contributed by atoms with van der Waals surface area (Å²) in [4.78, 5) is 36.5. The lowest BCUT2D eigenvalue weighted by Gasteiger charge is -2.30. The smallest absolute Gasteiger partial charge is 0.361 e. The van der Waals surface area contributed by atoms with Crippen molar-refractivity contribution >= 4 is 30.6 Å². The topological polar surface area (TPSA) is 176 Å². The number of aromatic nitrogens is 4. The number of ether oxygens (including phenoxy) is 3. The van der Waals surface area contributed by atoms with Gasteiger partial charge < -0.3 is 28.4 Å². The van der Waals surface area contributed by atoms with Gasteiger partial charge in [-0.2, -0.15) is 4.98 Å². The summed E-state index contributed by atoms with van der Waals surface area (Å²) in [5.74, 6) is -3.33. The molecule has 5 rings (SSSR count). The van der Waals surface area contributed by atoms with Crippen LogP contribution in [-0.4, -0.2) is 73.7 Å². The van der Waals surface area contributed by atoms with Crippen LogP contribution >= 0.6 is 7.60 Å². The number of hydrogen-bond acceptors (Lipinski definition) is 11. The zero-order valence-corrected chi connectivity index (χ0v) is 22.7. The van der Waals surface area contributed by atoms with E-state index in [9.17, 15) is 19.3 Å². The van der Waals surface area contributed by atoms with E-state index in [2.05, 4.69) is 20.3 Å². The Labute approximate surface area is 223 Å². The SMILES string of the molecule is CCOP(=O)(OCC)[C@H](O)[C@H]1O[C@@H](n2cnc3c(=O)[nH]c(NC(=O)c4ccccc4)nc32)[C@@H]2OC(C)(C)O[C@@H]21. The van der Waals surface area contributed by atoms with Crippen molar-refractivity contribution in [2.24, 2.45) is 0 Å². The maximum Gasteiger partial charge on any atom is 0.361 e. The van der Waals surface area contributed by atoms with Gasteiger partial charge in [0.25, 0.3) is 11.5 Å². The number of aliphatic hydroxyl groups is 1. The van der Waals surface area contributed by atoms with Crippen molar-refractivity contribution in [3.8, 4) is 0 Å². The van der Waals surface area contributed by atoms with Crippen LogP contribution in [0, 0.1) is 0 Å². The molecule has 14 nitrogen and oxygen atoms in total. The Bertz CT molecular complexity index is 1450. The highest BCUT2D eigenvalue weighted by atomic mass is 31.2. The van der Waals surface area contributed by atoms with Gasteiger partial charge in [-0.05, 0) is 39.8 Å². The molecule has 0 unspecified atom stereocenters. The number of carbonyl (C=O) groups excluding carboxylic acids is 1. The molecule has 2 aliphatic rings. The van der Waals surface area contributed by atoms with E-state index < -0.39 is 55.2 Å². The number of carbonyl (C=O) groups is 1. The summed E-state index contributed by atoms with van der Waals surface area (Å²) < 4.78 is 43.8. The number of nitrogens with zero attached hydrogens (tertiary/aromatic N) is 3. The number of amides is 1. The van der Waals surface area contributed by atoms with E-state index in [1.165, 1.54) is 10.9 Å².